The molecule has 5 heterocycles. The third kappa shape index (κ3) is 2.96. The first-order chi connectivity index (χ1) is 13.7. The summed E-state index contributed by atoms with van der Waals surface area (Å²) in [6.07, 6.45) is 3.98. The topological polar surface area (TPSA) is 58.6 Å². The molecule has 28 heavy (non-hydrogen) atoms. The van der Waals surface area contributed by atoms with E-state index < -0.39 is 0 Å². The summed E-state index contributed by atoms with van der Waals surface area (Å²) in [5.41, 5.74) is 1.85. The van der Waals surface area contributed by atoms with Gasteiger partial charge in [-0.1, -0.05) is 24.3 Å². The number of nitrogens with one attached hydrogen (secondary N) is 1. The molecule has 3 fully saturated rings. The molecule has 6 rings (SSSR count). The van der Waals surface area contributed by atoms with Crippen molar-refractivity contribution in [1.29, 1.82) is 0 Å². The van der Waals surface area contributed by atoms with E-state index >= 15 is 0 Å². The van der Waals surface area contributed by atoms with Crippen LogP contribution >= 0.6 is 0 Å². The number of furan rings is 2. The fraction of sp³-hybridized carbons (Fsp3) is 0.348. The number of fused-ring (bicyclic) bond motifs is 3. The van der Waals surface area contributed by atoms with Crippen LogP contribution in [0.5, 0.6) is 0 Å². The van der Waals surface area contributed by atoms with Gasteiger partial charge < -0.3 is 14.2 Å². The number of piperidine rings is 3. The third-order valence-corrected chi connectivity index (χ3v) is 6.28. The van der Waals surface area contributed by atoms with Crippen molar-refractivity contribution in [3.05, 3.63) is 60.6 Å². The lowest BCUT2D eigenvalue weighted by atomic mass is 9.79. The molecule has 2 aromatic heterocycles. The highest BCUT2D eigenvalue weighted by molar-refractivity contribution is 5.92. The maximum Gasteiger partial charge on any atom is 0.287 e. The molecule has 0 aliphatic carbocycles. The van der Waals surface area contributed by atoms with E-state index in [1.54, 1.807) is 12.3 Å². The summed E-state index contributed by atoms with van der Waals surface area (Å²) in [6, 6.07) is 15.9. The highest BCUT2D eigenvalue weighted by Crippen LogP contribution is 2.34. The van der Waals surface area contributed by atoms with E-state index in [1.165, 1.54) is 0 Å². The zero-order valence-corrected chi connectivity index (χ0v) is 15.9. The van der Waals surface area contributed by atoms with Crippen LogP contribution in [0, 0.1) is 5.92 Å². The van der Waals surface area contributed by atoms with Crippen LogP contribution < -0.4 is 5.32 Å². The molecule has 5 heteroatoms. The van der Waals surface area contributed by atoms with Gasteiger partial charge in [-0.15, -0.1) is 0 Å². The van der Waals surface area contributed by atoms with E-state index in [1.807, 2.05) is 42.5 Å². The van der Waals surface area contributed by atoms with Gasteiger partial charge in [0.05, 0.1) is 6.26 Å². The lowest BCUT2D eigenvalue weighted by Gasteiger charge is -2.49. The Morgan fingerprint density at radius 2 is 1.75 bits per heavy atom. The van der Waals surface area contributed by atoms with Crippen LogP contribution in [0.4, 0.5) is 0 Å². The van der Waals surface area contributed by atoms with Crippen molar-refractivity contribution < 1.29 is 13.6 Å². The smallest absolute Gasteiger partial charge is 0.287 e. The molecule has 3 aliphatic rings. The molecule has 3 aromatic rings. The van der Waals surface area contributed by atoms with Gasteiger partial charge in [-0.25, -0.2) is 0 Å². The second-order valence-electron chi connectivity index (χ2n) is 7.80. The van der Waals surface area contributed by atoms with E-state index in [2.05, 4.69) is 17.1 Å². The van der Waals surface area contributed by atoms with E-state index in [9.17, 15) is 4.79 Å². The van der Waals surface area contributed by atoms with Crippen LogP contribution in [-0.2, 0) is 0 Å². The first kappa shape index (κ1) is 17.3. The number of rotatable bonds is 4. The standard InChI is InChI=1S/C23H24N2O3/c1-15-22(16-10-12-25(15)13-11-16)24-23(26)21-9-8-20(28-21)18-6-3-2-5-17(18)19-7-4-14-27-19/h2-9,14-16,22H,10-13H2,1H3,(H,24,26)/t15-,22-/m0/s1. The molecule has 0 saturated carbocycles. The molecule has 2 atom stereocenters. The monoisotopic (exact) mass is 376 g/mol. The number of hydrogen-bond acceptors (Lipinski definition) is 4. The normalized spacial score (nSPS) is 26.3. The van der Waals surface area contributed by atoms with E-state index in [0.29, 0.717) is 23.5 Å². The zero-order chi connectivity index (χ0) is 19.1. The molecule has 1 amide bonds. The van der Waals surface area contributed by atoms with Crippen molar-refractivity contribution >= 4 is 5.91 Å². The van der Waals surface area contributed by atoms with Gasteiger partial charge in [-0.3, -0.25) is 9.69 Å². The van der Waals surface area contributed by atoms with Crippen molar-refractivity contribution in [3.63, 3.8) is 0 Å². The van der Waals surface area contributed by atoms with Crippen molar-refractivity contribution in [2.75, 3.05) is 13.1 Å². The maximum atomic E-state index is 12.9. The second-order valence-corrected chi connectivity index (χ2v) is 7.80. The van der Waals surface area contributed by atoms with Gasteiger partial charge in [0.2, 0.25) is 0 Å². The SMILES string of the molecule is C[C@H]1[C@H](NC(=O)c2ccc(-c3ccccc3-c3ccco3)o2)C2CCN1CC2. The average Bonchev–Trinajstić information content (AvgIpc) is 3.43. The molecule has 3 aliphatic heterocycles. The highest BCUT2D eigenvalue weighted by atomic mass is 16.4. The van der Waals surface area contributed by atoms with Crippen LogP contribution in [0.1, 0.15) is 30.3 Å². The van der Waals surface area contributed by atoms with Crippen LogP contribution in [-0.4, -0.2) is 36.0 Å². The Bertz CT molecular complexity index is 965. The number of hydrogen-bond donors (Lipinski definition) is 1. The van der Waals surface area contributed by atoms with E-state index in [4.69, 9.17) is 8.83 Å². The first-order valence-corrected chi connectivity index (χ1v) is 9.99. The van der Waals surface area contributed by atoms with Gasteiger partial charge in [0, 0.05) is 23.2 Å². The molecule has 5 nitrogen and oxygen atoms in total. The summed E-state index contributed by atoms with van der Waals surface area (Å²) in [5, 5.41) is 3.23. The van der Waals surface area contributed by atoms with Crippen molar-refractivity contribution in [2.24, 2.45) is 5.92 Å². The Kier molecular flexibility index (Phi) is 4.32. The maximum absolute atomic E-state index is 12.9. The number of carbonyl (C=O) groups excluding carboxylic acids is 1. The molecular weight excluding hydrogens is 352 g/mol. The minimum atomic E-state index is -0.132. The minimum absolute atomic E-state index is 0.132. The van der Waals surface area contributed by atoms with Crippen LogP contribution in [0.15, 0.2) is 63.6 Å². The van der Waals surface area contributed by atoms with Crippen molar-refractivity contribution in [3.8, 4) is 22.6 Å². The molecule has 3 saturated heterocycles. The largest absolute Gasteiger partial charge is 0.464 e. The fourth-order valence-electron chi connectivity index (χ4n) is 4.72. The van der Waals surface area contributed by atoms with Crippen LogP contribution in [0.2, 0.25) is 0 Å². The Hall–Kier alpha value is -2.79. The number of nitrogens with zero attached hydrogens (tertiary/aromatic N) is 1. The Morgan fingerprint density at radius 3 is 2.43 bits per heavy atom. The average molecular weight is 376 g/mol. The van der Waals surface area contributed by atoms with Gasteiger partial charge in [-0.2, -0.15) is 0 Å². The minimum Gasteiger partial charge on any atom is -0.464 e. The molecule has 144 valence electrons. The van der Waals surface area contributed by atoms with Gasteiger partial charge >= 0.3 is 0 Å². The number of benzene rings is 1. The van der Waals surface area contributed by atoms with Gasteiger partial charge in [0.15, 0.2) is 5.76 Å². The first-order valence-electron chi connectivity index (χ1n) is 9.99. The Labute approximate surface area is 164 Å². The molecule has 1 N–H and O–H groups in total. The van der Waals surface area contributed by atoms with Crippen LogP contribution in [0.25, 0.3) is 22.6 Å². The van der Waals surface area contributed by atoms with Gasteiger partial charge in [0.1, 0.15) is 11.5 Å². The number of amides is 1. The molecule has 0 unspecified atom stereocenters. The lowest BCUT2D eigenvalue weighted by Crippen LogP contribution is -2.62. The van der Waals surface area contributed by atoms with Gasteiger partial charge in [0.25, 0.3) is 5.91 Å². The molecule has 0 radical (unpaired) electrons. The zero-order valence-electron chi connectivity index (χ0n) is 15.9. The summed E-state index contributed by atoms with van der Waals surface area (Å²) >= 11 is 0. The summed E-state index contributed by atoms with van der Waals surface area (Å²) in [4.78, 5) is 15.3. The van der Waals surface area contributed by atoms with E-state index in [0.717, 1.165) is 42.8 Å². The molecule has 2 bridgehead atoms. The summed E-state index contributed by atoms with van der Waals surface area (Å²) < 4.78 is 11.5. The quantitative estimate of drug-likeness (QED) is 0.732. The predicted octanol–water partition coefficient (Wildman–Crippen LogP) is 4.42. The predicted molar refractivity (Wildman–Crippen MR) is 107 cm³/mol. The van der Waals surface area contributed by atoms with Crippen molar-refractivity contribution in [1.82, 2.24) is 10.2 Å². The second kappa shape index (κ2) is 6.99. The number of carbonyl (C=O) groups is 1. The molecule has 0 spiro atoms. The Morgan fingerprint density at radius 1 is 1.00 bits per heavy atom. The summed E-state index contributed by atoms with van der Waals surface area (Å²) in [5.74, 6) is 2.23. The van der Waals surface area contributed by atoms with Crippen molar-refractivity contribution in [2.45, 2.75) is 31.8 Å². The summed E-state index contributed by atoms with van der Waals surface area (Å²) in [6.45, 7) is 4.50. The van der Waals surface area contributed by atoms with Crippen LogP contribution in [0.3, 0.4) is 0 Å². The Balaban J connectivity index is 1.38. The molecule has 1 aromatic carbocycles. The lowest BCUT2D eigenvalue weighted by molar-refractivity contribution is 0.0211. The third-order valence-electron chi connectivity index (χ3n) is 6.28. The fourth-order valence-corrected chi connectivity index (χ4v) is 4.72. The summed E-state index contributed by atoms with van der Waals surface area (Å²) in [7, 11) is 0. The van der Waals surface area contributed by atoms with Gasteiger partial charge in [-0.05, 0) is 63.0 Å². The highest BCUT2D eigenvalue weighted by Gasteiger charge is 2.40. The molecular formula is C23H24N2O3. The van der Waals surface area contributed by atoms with E-state index in [-0.39, 0.29) is 11.9 Å².